The van der Waals surface area contributed by atoms with E-state index in [1.54, 1.807) is 12.1 Å². The zero-order valence-electron chi connectivity index (χ0n) is 13.5. The lowest BCUT2D eigenvalue weighted by molar-refractivity contribution is -0.143. The number of aryl methyl sites for hydroxylation is 1. The van der Waals surface area contributed by atoms with Crippen molar-refractivity contribution >= 4 is 15.8 Å². The van der Waals surface area contributed by atoms with E-state index in [0.29, 0.717) is 5.56 Å². The molecule has 1 aliphatic rings. The summed E-state index contributed by atoms with van der Waals surface area (Å²) in [6.07, 6.45) is 0. The highest BCUT2D eigenvalue weighted by Gasteiger charge is 2.75. The van der Waals surface area contributed by atoms with Crippen LogP contribution in [0.5, 0.6) is 0 Å². The molecule has 132 valence electrons. The third-order valence-corrected chi connectivity index (χ3v) is 7.20. The molecule has 0 bridgehead atoms. The lowest BCUT2D eigenvalue weighted by Gasteiger charge is -2.10. The van der Waals surface area contributed by atoms with Crippen molar-refractivity contribution in [2.45, 2.75) is 23.0 Å². The molecule has 5 nitrogen and oxygen atoms in total. The summed E-state index contributed by atoms with van der Waals surface area (Å²) in [4.78, 5) is 12.0. The molecular weight excluding hydrogens is 345 g/mol. The fourth-order valence-corrected chi connectivity index (χ4v) is 5.85. The second kappa shape index (κ2) is 5.93. The van der Waals surface area contributed by atoms with E-state index in [0.717, 1.165) is 5.56 Å². The number of hydrogen-bond donors (Lipinski definition) is 2. The average Bonchev–Trinajstić information content (AvgIpc) is 3.27. The normalized spacial score (nSPS) is 25.6. The topological polar surface area (TPSA) is 97.5 Å². The van der Waals surface area contributed by atoms with Gasteiger partial charge in [-0.3, -0.25) is 4.79 Å². The van der Waals surface area contributed by atoms with Crippen LogP contribution in [0.4, 0.5) is 4.39 Å². The van der Waals surface area contributed by atoms with Gasteiger partial charge in [0.05, 0.1) is 10.1 Å². The van der Waals surface area contributed by atoms with E-state index in [-0.39, 0.29) is 11.4 Å². The highest BCUT2D eigenvalue weighted by molar-refractivity contribution is 7.92. The number of sulfone groups is 1. The number of carbonyl (C=O) groups is 1. The van der Waals surface area contributed by atoms with Gasteiger partial charge in [0.25, 0.3) is 0 Å². The molecule has 25 heavy (non-hydrogen) atoms. The highest BCUT2D eigenvalue weighted by Crippen LogP contribution is 2.63. The Morgan fingerprint density at radius 1 is 1.16 bits per heavy atom. The van der Waals surface area contributed by atoms with Crippen LogP contribution in [0.1, 0.15) is 17.0 Å². The van der Waals surface area contributed by atoms with Crippen molar-refractivity contribution in [3.63, 3.8) is 0 Å². The predicted molar refractivity (Wildman–Crippen MR) is 90.4 cm³/mol. The first kappa shape index (κ1) is 17.6. The first-order chi connectivity index (χ1) is 11.7. The van der Waals surface area contributed by atoms with E-state index in [1.165, 1.54) is 36.4 Å². The van der Waals surface area contributed by atoms with Crippen LogP contribution in [0.25, 0.3) is 0 Å². The molecule has 3 atom stereocenters. The summed E-state index contributed by atoms with van der Waals surface area (Å²) in [6.45, 7) is 1.51. The van der Waals surface area contributed by atoms with Gasteiger partial charge in [0.2, 0.25) is 0 Å². The zero-order chi connectivity index (χ0) is 18.4. The van der Waals surface area contributed by atoms with Crippen molar-refractivity contribution in [1.29, 1.82) is 0 Å². The van der Waals surface area contributed by atoms with Crippen LogP contribution in [0.3, 0.4) is 0 Å². The van der Waals surface area contributed by atoms with Crippen LogP contribution in [0.2, 0.25) is 0 Å². The summed E-state index contributed by atoms with van der Waals surface area (Å²) in [5.74, 6) is -2.55. The predicted octanol–water partition coefficient (Wildman–Crippen LogP) is 2.10. The van der Waals surface area contributed by atoms with Gasteiger partial charge in [-0.05, 0) is 36.8 Å². The second-order valence-electron chi connectivity index (χ2n) is 6.36. The van der Waals surface area contributed by atoms with Gasteiger partial charge in [-0.1, -0.05) is 29.8 Å². The number of carboxylic acids is 1. The number of hydrogen-bond acceptors (Lipinski definition) is 4. The van der Waals surface area contributed by atoms with Gasteiger partial charge < -0.3 is 10.8 Å². The molecule has 0 aliphatic heterocycles. The lowest BCUT2D eigenvalue weighted by atomic mass is 9.99. The third kappa shape index (κ3) is 2.63. The SMILES string of the molecule is Cc1ccc(S(=O)(=O)[C@@H]2[C@@H](c3ccc(F)cc3)[C@]2(CN)C(=O)O)cc1. The number of halogens is 1. The summed E-state index contributed by atoms with van der Waals surface area (Å²) < 4.78 is 39.3. The third-order valence-electron chi connectivity index (χ3n) is 4.91. The summed E-state index contributed by atoms with van der Waals surface area (Å²) in [5, 5.41) is 8.51. The Morgan fingerprint density at radius 3 is 2.20 bits per heavy atom. The molecule has 3 rings (SSSR count). The molecule has 7 heteroatoms. The standard InChI is InChI=1S/C18H18FNO4S/c1-11-2-8-14(9-3-11)25(23,24)16-15(18(16,10-20)17(21)22)12-4-6-13(19)7-5-12/h2-9,15-16H,10,20H2,1H3,(H,21,22)/t15-,16-,18+/m1/s1. The summed E-state index contributed by atoms with van der Waals surface area (Å²) in [7, 11) is -3.91. The van der Waals surface area contributed by atoms with E-state index >= 15 is 0 Å². The van der Waals surface area contributed by atoms with Crippen LogP contribution in [0, 0.1) is 18.2 Å². The molecular formula is C18H18FNO4S. The van der Waals surface area contributed by atoms with Gasteiger partial charge in [0.15, 0.2) is 9.84 Å². The quantitative estimate of drug-likeness (QED) is 0.848. The highest BCUT2D eigenvalue weighted by atomic mass is 32.2. The molecule has 0 aromatic heterocycles. The Labute approximate surface area is 145 Å². The summed E-state index contributed by atoms with van der Waals surface area (Å²) in [5.41, 5.74) is 5.44. The first-order valence-corrected chi connectivity index (χ1v) is 9.29. The number of carboxylic acid groups (broad SMARTS) is 1. The molecule has 2 aromatic carbocycles. The Balaban J connectivity index is 2.10. The van der Waals surface area contributed by atoms with Gasteiger partial charge in [0.1, 0.15) is 11.2 Å². The maximum Gasteiger partial charge on any atom is 0.312 e. The molecule has 1 saturated carbocycles. The first-order valence-electron chi connectivity index (χ1n) is 7.74. The van der Waals surface area contributed by atoms with Gasteiger partial charge in [-0.15, -0.1) is 0 Å². The fourth-order valence-electron chi connectivity index (χ4n) is 3.46. The minimum absolute atomic E-state index is 0.0618. The molecule has 1 fully saturated rings. The fraction of sp³-hybridized carbons (Fsp3) is 0.278. The second-order valence-corrected chi connectivity index (χ2v) is 8.43. The van der Waals surface area contributed by atoms with Crippen molar-refractivity contribution in [1.82, 2.24) is 0 Å². The minimum Gasteiger partial charge on any atom is -0.481 e. The molecule has 3 N–H and O–H groups in total. The van der Waals surface area contributed by atoms with Crippen LogP contribution >= 0.6 is 0 Å². The Morgan fingerprint density at radius 2 is 1.72 bits per heavy atom. The summed E-state index contributed by atoms with van der Waals surface area (Å²) >= 11 is 0. The number of aliphatic carboxylic acids is 1. The van der Waals surface area contributed by atoms with Crippen LogP contribution in [-0.2, 0) is 14.6 Å². The Hall–Kier alpha value is -2.25. The van der Waals surface area contributed by atoms with Crippen LogP contribution in [-0.4, -0.2) is 31.3 Å². The number of nitrogens with two attached hydrogens (primary N) is 1. The van der Waals surface area contributed by atoms with Gasteiger partial charge >= 0.3 is 5.97 Å². The van der Waals surface area contributed by atoms with Crippen molar-refractivity contribution in [2.24, 2.45) is 11.1 Å². The molecule has 0 heterocycles. The van der Waals surface area contributed by atoms with E-state index in [1.807, 2.05) is 6.92 Å². The van der Waals surface area contributed by atoms with Crippen molar-refractivity contribution in [3.8, 4) is 0 Å². The molecule has 0 saturated heterocycles. The van der Waals surface area contributed by atoms with Crippen molar-refractivity contribution in [3.05, 3.63) is 65.5 Å². The molecule has 1 aliphatic carbocycles. The summed E-state index contributed by atoms with van der Waals surface area (Å²) in [6, 6.07) is 11.5. The average molecular weight is 363 g/mol. The van der Waals surface area contributed by atoms with Gasteiger partial charge in [-0.25, -0.2) is 12.8 Å². The smallest absolute Gasteiger partial charge is 0.312 e. The van der Waals surface area contributed by atoms with E-state index in [4.69, 9.17) is 5.73 Å². The Kier molecular flexibility index (Phi) is 4.17. The maximum atomic E-state index is 13.2. The maximum absolute atomic E-state index is 13.2. The lowest BCUT2D eigenvalue weighted by Crippen LogP contribution is -2.31. The van der Waals surface area contributed by atoms with Crippen LogP contribution in [0.15, 0.2) is 53.4 Å². The van der Waals surface area contributed by atoms with E-state index < -0.39 is 38.2 Å². The monoisotopic (exact) mass is 363 g/mol. The molecule has 2 aromatic rings. The Bertz CT molecular complexity index is 909. The molecule has 0 amide bonds. The van der Waals surface area contributed by atoms with Gasteiger partial charge in [0, 0.05) is 12.5 Å². The van der Waals surface area contributed by atoms with Crippen molar-refractivity contribution in [2.75, 3.05) is 6.54 Å². The van der Waals surface area contributed by atoms with Crippen molar-refractivity contribution < 1.29 is 22.7 Å². The van der Waals surface area contributed by atoms with E-state index in [9.17, 15) is 22.7 Å². The molecule has 0 unspecified atom stereocenters. The molecule has 0 radical (unpaired) electrons. The minimum atomic E-state index is -3.91. The van der Waals surface area contributed by atoms with Gasteiger partial charge in [-0.2, -0.15) is 0 Å². The molecule has 0 spiro atoms. The van der Waals surface area contributed by atoms with Crippen LogP contribution < -0.4 is 5.73 Å². The van der Waals surface area contributed by atoms with E-state index in [2.05, 4.69) is 0 Å². The largest absolute Gasteiger partial charge is 0.481 e. The number of benzene rings is 2. The zero-order valence-corrected chi connectivity index (χ0v) is 14.3. The number of rotatable bonds is 5.